The van der Waals surface area contributed by atoms with Gasteiger partial charge in [-0.3, -0.25) is 4.79 Å². The number of Topliss-reactive ketones (excluding diaryl/α,β-unsaturated/α-hetero) is 1. The minimum Gasteiger partial charge on any atom is -0.294 e. The fourth-order valence-electron chi connectivity index (χ4n) is 1.93. The van der Waals surface area contributed by atoms with Crippen molar-refractivity contribution in [2.24, 2.45) is 0 Å². The zero-order valence-corrected chi connectivity index (χ0v) is 13.5. The van der Waals surface area contributed by atoms with Crippen molar-refractivity contribution < 1.29 is 9.18 Å². The van der Waals surface area contributed by atoms with E-state index in [-0.39, 0.29) is 17.8 Å². The molecule has 2 aromatic carbocycles. The molecule has 0 unspecified atom stereocenters. The third kappa shape index (κ3) is 3.28. The number of aryl methyl sites for hydroxylation is 2. The number of carbonyl (C=O) groups is 1. The molecule has 4 heteroatoms. The van der Waals surface area contributed by atoms with Gasteiger partial charge in [-0.15, -0.1) is 0 Å². The lowest BCUT2D eigenvalue weighted by Gasteiger charge is -2.07. The number of ketones is 1. The summed E-state index contributed by atoms with van der Waals surface area (Å²) < 4.78 is 14.3. The summed E-state index contributed by atoms with van der Waals surface area (Å²) in [6.07, 6.45) is 0.163. The minimum atomic E-state index is -0.560. The van der Waals surface area contributed by atoms with Gasteiger partial charge in [0.15, 0.2) is 5.78 Å². The highest BCUT2D eigenvalue weighted by Crippen LogP contribution is 2.26. The number of hydrogen-bond acceptors (Lipinski definition) is 1. The lowest BCUT2D eigenvalue weighted by molar-refractivity contribution is 0.0989. The number of halogens is 3. The van der Waals surface area contributed by atoms with Gasteiger partial charge in [-0.2, -0.15) is 0 Å². The highest BCUT2D eigenvalue weighted by atomic mass is 79.9. The molecule has 0 N–H and O–H groups in total. The monoisotopic (exact) mass is 354 g/mol. The minimum absolute atomic E-state index is 0.0245. The molecule has 0 radical (unpaired) electrons. The first kappa shape index (κ1) is 15.2. The van der Waals surface area contributed by atoms with Gasteiger partial charge in [0.1, 0.15) is 5.82 Å². The molecule has 0 spiro atoms. The lowest BCUT2D eigenvalue weighted by Crippen LogP contribution is -2.07. The maximum absolute atomic E-state index is 13.8. The quantitative estimate of drug-likeness (QED) is 0.540. The van der Waals surface area contributed by atoms with E-state index in [0.29, 0.717) is 9.50 Å². The third-order valence-electron chi connectivity index (χ3n) is 3.25. The van der Waals surface area contributed by atoms with Crippen molar-refractivity contribution in [3.63, 3.8) is 0 Å². The van der Waals surface area contributed by atoms with Crippen molar-refractivity contribution in [1.82, 2.24) is 0 Å². The van der Waals surface area contributed by atoms with Crippen LogP contribution >= 0.6 is 27.5 Å². The Balaban J connectivity index is 2.28. The summed E-state index contributed by atoms with van der Waals surface area (Å²) >= 11 is 9.04. The Morgan fingerprint density at radius 2 is 1.90 bits per heavy atom. The summed E-state index contributed by atoms with van der Waals surface area (Å²) in [6.45, 7) is 4.00. The van der Waals surface area contributed by atoms with Gasteiger partial charge in [0.2, 0.25) is 0 Å². The van der Waals surface area contributed by atoms with E-state index in [9.17, 15) is 9.18 Å². The first-order valence-electron chi connectivity index (χ1n) is 6.12. The SMILES string of the molecule is Cc1ccc(CC(=O)c2cc(Cl)c(Br)cc2F)cc1C. The summed E-state index contributed by atoms with van der Waals surface area (Å²) in [6, 6.07) is 8.38. The molecule has 2 rings (SSSR count). The average molecular weight is 356 g/mol. The molecule has 0 fully saturated rings. The fourth-order valence-corrected chi connectivity index (χ4v) is 2.41. The van der Waals surface area contributed by atoms with Crippen LogP contribution in [0.3, 0.4) is 0 Å². The zero-order chi connectivity index (χ0) is 14.9. The molecule has 1 nitrogen and oxygen atoms in total. The highest BCUT2D eigenvalue weighted by molar-refractivity contribution is 9.10. The van der Waals surface area contributed by atoms with Crippen molar-refractivity contribution in [2.45, 2.75) is 20.3 Å². The molecule has 20 heavy (non-hydrogen) atoms. The predicted molar refractivity (Wildman–Crippen MR) is 83.1 cm³/mol. The summed E-state index contributed by atoms with van der Waals surface area (Å²) in [5, 5.41) is 0.329. The Kier molecular flexibility index (Phi) is 4.61. The van der Waals surface area contributed by atoms with Gasteiger partial charge < -0.3 is 0 Å². The summed E-state index contributed by atoms with van der Waals surface area (Å²) in [5.41, 5.74) is 3.18. The van der Waals surface area contributed by atoms with Crippen LogP contribution in [0.4, 0.5) is 4.39 Å². The van der Waals surface area contributed by atoms with Gasteiger partial charge >= 0.3 is 0 Å². The van der Waals surface area contributed by atoms with Crippen molar-refractivity contribution in [3.8, 4) is 0 Å². The maximum Gasteiger partial charge on any atom is 0.170 e. The van der Waals surface area contributed by atoms with E-state index in [1.54, 1.807) is 0 Å². The summed E-state index contributed by atoms with van der Waals surface area (Å²) in [5.74, 6) is -0.838. The Morgan fingerprint density at radius 1 is 1.20 bits per heavy atom. The summed E-state index contributed by atoms with van der Waals surface area (Å²) in [7, 11) is 0. The molecule has 104 valence electrons. The standard InChI is InChI=1S/C16H13BrClFO/c1-9-3-4-11(5-10(9)2)6-16(20)12-7-14(18)13(17)8-15(12)19/h3-5,7-8H,6H2,1-2H3. The van der Waals surface area contributed by atoms with Gasteiger partial charge in [0.25, 0.3) is 0 Å². The van der Waals surface area contributed by atoms with E-state index >= 15 is 0 Å². The molecule has 0 saturated heterocycles. The predicted octanol–water partition coefficient (Wildman–Crippen LogP) is 5.28. The van der Waals surface area contributed by atoms with Crippen LogP contribution in [-0.2, 0) is 6.42 Å². The molecular weight excluding hydrogens is 343 g/mol. The molecule has 0 atom stereocenters. The molecule has 0 saturated carbocycles. The lowest BCUT2D eigenvalue weighted by atomic mass is 9.99. The van der Waals surface area contributed by atoms with Crippen LogP contribution < -0.4 is 0 Å². The van der Waals surface area contributed by atoms with Gasteiger partial charge in [-0.1, -0.05) is 29.8 Å². The second-order valence-corrected chi connectivity index (χ2v) is 6.03. The van der Waals surface area contributed by atoms with Crippen LogP contribution in [0, 0.1) is 19.7 Å². The van der Waals surface area contributed by atoms with Crippen molar-refractivity contribution in [2.75, 3.05) is 0 Å². The normalized spacial score (nSPS) is 10.7. The maximum atomic E-state index is 13.8. The van der Waals surface area contributed by atoms with E-state index in [0.717, 1.165) is 11.1 Å². The first-order valence-corrected chi connectivity index (χ1v) is 7.29. The van der Waals surface area contributed by atoms with Crippen molar-refractivity contribution in [3.05, 3.63) is 67.9 Å². The Hall–Kier alpha value is -1.19. The molecule has 0 aromatic heterocycles. The van der Waals surface area contributed by atoms with Crippen LogP contribution in [0.1, 0.15) is 27.0 Å². The number of hydrogen-bond donors (Lipinski definition) is 0. The molecule has 0 heterocycles. The summed E-state index contributed by atoms with van der Waals surface area (Å²) in [4.78, 5) is 12.2. The molecule has 0 aliphatic heterocycles. The highest BCUT2D eigenvalue weighted by Gasteiger charge is 2.15. The Labute approximate surface area is 130 Å². The van der Waals surface area contributed by atoms with E-state index in [1.165, 1.54) is 17.7 Å². The molecular formula is C16H13BrClFO. The number of carbonyl (C=O) groups excluding carboxylic acids is 1. The number of benzene rings is 2. The van der Waals surface area contributed by atoms with Gasteiger partial charge in [0, 0.05) is 10.9 Å². The smallest absolute Gasteiger partial charge is 0.170 e. The Bertz CT molecular complexity index is 682. The van der Waals surface area contributed by atoms with Gasteiger partial charge in [0.05, 0.1) is 10.6 Å². The van der Waals surface area contributed by atoms with E-state index in [4.69, 9.17) is 11.6 Å². The fraction of sp³-hybridized carbons (Fsp3) is 0.188. The molecule has 0 aliphatic carbocycles. The first-order chi connectivity index (χ1) is 9.38. The largest absolute Gasteiger partial charge is 0.294 e. The van der Waals surface area contributed by atoms with Gasteiger partial charge in [-0.25, -0.2) is 4.39 Å². The average Bonchev–Trinajstić information content (AvgIpc) is 2.38. The van der Waals surface area contributed by atoms with Gasteiger partial charge in [-0.05, 0) is 58.6 Å². The zero-order valence-electron chi connectivity index (χ0n) is 11.1. The molecule has 0 aliphatic rings. The molecule has 0 amide bonds. The molecule has 0 bridgehead atoms. The molecule has 2 aromatic rings. The van der Waals surface area contributed by atoms with Crippen LogP contribution in [0.15, 0.2) is 34.8 Å². The van der Waals surface area contributed by atoms with Crippen LogP contribution in [0.25, 0.3) is 0 Å². The van der Waals surface area contributed by atoms with Crippen molar-refractivity contribution in [1.29, 1.82) is 0 Å². The number of rotatable bonds is 3. The van der Waals surface area contributed by atoms with Crippen LogP contribution in [0.5, 0.6) is 0 Å². The van der Waals surface area contributed by atoms with Crippen LogP contribution in [-0.4, -0.2) is 5.78 Å². The second kappa shape index (κ2) is 6.06. The van der Waals surface area contributed by atoms with E-state index in [2.05, 4.69) is 15.9 Å². The van der Waals surface area contributed by atoms with E-state index in [1.807, 2.05) is 32.0 Å². The van der Waals surface area contributed by atoms with Crippen LogP contribution in [0.2, 0.25) is 5.02 Å². The Morgan fingerprint density at radius 3 is 2.55 bits per heavy atom. The topological polar surface area (TPSA) is 17.1 Å². The van der Waals surface area contributed by atoms with E-state index < -0.39 is 5.82 Å². The van der Waals surface area contributed by atoms with Crippen molar-refractivity contribution >= 4 is 33.3 Å². The second-order valence-electron chi connectivity index (χ2n) is 4.76. The third-order valence-corrected chi connectivity index (χ3v) is 4.44.